The number of benzene rings is 2. The number of ether oxygens (including phenoxy) is 4. The van der Waals surface area contributed by atoms with Crippen LogP contribution in [-0.2, 0) is 20.6 Å². The van der Waals surface area contributed by atoms with Crippen LogP contribution in [0.4, 0.5) is 4.79 Å². The summed E-state index contributed by atoms with van der Waals surface area (Å²) in [7, 11) is 0. The third-order valence-corrected chi connectivity index (χ3v) is 7.07. The lowest BCUT2D eigenvalue weighted by molar-refractivity contribution is -0.139. The van der Waals surface area contributed by atoms with Gasteiger partial charge in [-0.3, -0.25) is 4.90 Å². The van der Waals surface area contributed by atoms with Gasteiger partial charge in [0.1, 0.15) is 11.8 Å². The molecule has 8 heteroatoms. The first-order valence-electron chi connectivity index (χ1n) is 13.0. The fourth-order valence-corrected chi connectivity index (χ4v) is 5.26. The molecule has 1 fully saturated rings. The second kappa shape index (κ2) is 10.6. The Balaban J connectivity index is 1.37. The Kier molecular flexibility index (Phi) is 7.39. The summed E-state index contributed by atoms with van der Waals surface area (Å²) in [5.41, 5.74) is 4.19. The van der Waals surface area contributed by atoms with E-state index in [4.69, 9.17) is 30.5 Å². The van der Waals surface area contributed by atoms with Gasteiger partial charge in [-0.05, 0) is 67.6 Å². The van der Waals surface area contributed by atoms with E-state index in [1.54, 1.807) is 0 Å². The lowest BCUT2D eigenvalue weighted by atomic mass is 9.92. The van der Waals surface area contributed by atoms with Crippen LogP contribution in [-0.4, -0.2) is 54.2 Å². The van der Waals surface area contributed by atoms with E-state index in [9.17, 15) is 4.79 Å². The fraction of sp³-hybridized carbons (Fsp3) is 0.483. The Hall–Kier alpha value is -2.74. The predicted octanol–water partition coefficient (Wildman–Crippen LogP) is 6.48. The lowest BCUT2D eigenvalue weighted by Gasteiger charge is -2.35. The van der Waals surface area contributed by atoms with E-state index in [-0.39, 0.29) is 24.2 Å². The standard InChI is InChI=1S/C29H35ClN2O5/c1-18(2)16-35-28(33)32-13-11-23-24-15-20(30)7-10-25(24)31-26(23)27(32)19-5-8-21(9-6-19)34-14-12-22-17-36-29(3,4)37-22/h5-10,15,18,22,27,31H,11-14,16-17H2,1-4H3. The maximum absolute atomic E-state index is 13.2. The van der Waals surface area contributed by atoms with Crippen molar-refractivity contribution in [3.8, 4) is 5.75 Å². The number of carbonyl (C=O) groups excluding carboxylic acids is 1. The lowest BCUT2D eigenvalue weighted by Crippen LogP contribution is -2.41. The third-order valence-electron chi connectivity index (χ3n) is 6.84. The van der Waals surface area contributed by atoms with Gasteiger partial charge in [0.25, 0.3) is 0 Å². The molecule has 3 aromatic rings. The van der Waals surface area contributed by atoms with Gasteiger partial charge >= 0.3 is 6.09 Å². The highest BCUT2D eigenvalue weighted by atomic mass is 35.5. The molecule has 1 amide bonds. The van der Waals surface area contributed by atoms with Gasteiger partial charge in [0, 0.05) is 34.6 Å². The summed E-state index contributed by atoms with van der Waals surface area (Å²) in [6, 6.07) is 13.5. The van der Waals surface area contributed by atoms with E-state index in [1.807, 2.05) is 75.1 Å². The van der Waals surface area contributed by atoms with Crippen molar-refractivity contribution in [1.82, 2.24) is 9.88 Å². The van der Waals surface area contributed by atoms with Crippen molar-refractivity contribution >= 4 is 28.6 Å². The number of amides is 1. The van der Waals surface area contributed by atoms with Crippen molar-refractivity contribution in [3.63, 3.8) is 0 Å². The molecule has 5 rings (SSSR count). The van der Waals surface area contributed by atoms with Crippen molar-refractivity contribution in [2.24, 2.45) is 5.92 Å². The third kappa shape index (κ3) is 5.74. The van der Waals surface area contributed by atoms with Crippen LogP contribution >= 0.6 is 11.6 Å². The number of hydrogen-bond acceptors (Lipinski definition) is 5. The van der Waals surface area contributed by atoms with E-state index >= 15 is 0 Å². The summed E-state index contributed by atoms with van der Waals surface area (Å²) >= 11 is 6.31. The topological polar surface area (TPSA) is 73.0 Å². The summed E-state index contributed by atoms with van der Waals surface area (Å²) in [6.45, 7) is 9.98. The number of carbonyl (C=O) groups is 1. The van der Waals surface area contributed by atoms with Crippen LogP contribution in [0, 0.1) is 5.92 Å². The molecule has 0 saturated carbocycles. The maximum Gasteiger partial charge on any atom is 0.410 e. The molecule has 0 aliphatic carbocycles. The molecule has 2 aliphatic heterocycles. The van der Waals surface area contributed by atoms with Crippen molar-refractivity contribution in [3.05, 3.63) is 64.3 Å². The molecule has 0 bridgehead atoms. The molecule has 1 N–H and O–H groups in total. The first-order valence-corrected chi connectivity index (χ1v) is 13.4. The molecule has 198 valence electrons. The van der Waals surface area contributed by atoms with Crippen LogP contribution in [0.15, 0.2) is 42.5 Å². The van der Waals surface area contributed by atoms with E-state index < -0.39 is 5.79 Å². The zero-order valence-corrected chi connectivity index (χ0v) is 22.6. The molecule has 3 heterocycles. The van der Waals surface area contributed by atoms with Crippen molar-refractivity contribution in [1.29, 1.82) is 0 Å². The number of halogens is 1. The molecule has 37 heavy (non-hydrogen) atoms. The van der Waals surface area contributed by atoms with Gasteiger partial charge in [-0.25, -0.2) is 4.79 Å². The zero-order chi connectivity index (χ0) is 26.2. The van der Waals surface area contributed by atoms with Crippen LogP contribution in [0.2, 0.25) is 5.02 Å². The van der Waals surface area contributed by atoms with E-state index in [2.05, 4.69) is 4.98 Å². The Morgan fingerprint density at radius 2 is 2.00 bits per heavy atom. The monoisotopic (exact) mass is 526 g/mol. The number of hydrogen-bond donors (Lipinski definition) is 1. The van der Waals surface area contributed by atoms with Gasteiger partial charge in [-0.2, -0.15) is 0 Å². The molecule has 7 nitrogen and oxygen atoms in total. The maximum atomic E-state index is 13.2. The summed E-state index contributed by atoms with van der Waals surface area (Å²) in [5.74, 6) is 0.512. The second-order valence-corrected chi connectivity index (χ2v) is 11.1. The Morgan fingerprint density at radius 1 is 1.22 bits per heavy atom. The second-order valence-electron chi connectivity index (χ2n) is 10.7. The minimum Gasteiger partial charge on any atom is -0.493 e. The molecule has 0 radical (unpaired) electrons. The van der Waals surface area contributed by atoms with Crippen molar-refractivity contribution in [2.45, 2.75) is 58.5 Å². The number of fused-ring (bicyclic) bond motifs is 3. The van der Waals surface area contributed by atoms with Gasteiger partial charge < -0.3 is 23.9 Å². The van der Waals surface area contributed by atoms with E-state index in [0.29, 0.717) is 31.4 Å². The Labute approximate surface area is 223 Å². The fourth-order valence-electron chi connectivity index (χ4n) is 5.08. The van der Waals surface area contributed by atoms with Crippen LogP contribution in [0.3, 0.4) is 0 Å². The average Bonchev–Trinajstić information content (AvgIpc) is 3.41. The minimum atomic E-state index is -0.526. The molecule has 2 unspecified atom stereocenters. The number of aromatic nitrogens is 1. The van der Waals surface area contributed by atoms with Crippen LogP contribution in [0.1, 0.15) is 57.0 Å². The van der Waals surface area contributed by atoms with E-state index in [0.717, 1.165) is 40.8 Å². The van der Waals surface area contributed by atoms with Crippen molar-refractivity contribution < 1.29 is 23.7 Å². The number of aromatic amines is 1. The van der Waals surface area contributed by atoms with Gasteiger partial charge in [-0.1, -0.05) is 37.6 Å². The molecule has 0 spiro atoms. The highest BCUT2D eigenvalue weighted by molar-refractivity contribution is 6.31. The van der Waals surface area contributed by atoms with Crippen LogP contribution in [0.25, 0.3) is 10.9 Å². The minimum absolute atomic E-state index is 0.0378. The summed E-state index contributed by atoms with van der Waals surface area (Å²) in [6.07, 6.45) is 1.22. The average molecular weight is 527 g/mol. The number of nitrogens with zero attached hydrogens (tertiary/aromatic N) is 1. The summed E-state index contributed by atoms with van der Waals surface area (Å²) in [5, 5.41) is 1.80. The zero-order valence-electron chi connectivity index (χ0n) is 21.9. The Morgan fingerprint density at radius 3 is 2.70 bits per heavy atom. The molecular formula is C29H35ClN2O5. The largest absolute Gasteiger partial charge is 0.493 e. The predicted molar refractivity (Wildman–Crippen MR) is 143 cm³/mol. The van der Waals surface area contributed by atoms with Gasteiger partial charge in [0.05, 0.1) is 25.9 Å². The molecule has 1 aromatic heterocycles. The quantitative estimate of drug-likeness (QED) is 0.381. The molecular weight excluding hydrogens is 492 g/mol. The number of H-pyrrole nitrogens is 1. The van der Waals surface area contributed by atoms with Gasteiger partial charge in [0.2, 0.25) is 0 Å². The summed E-state index contributed by atoms with van der Waals surface area (Å²) < 4.78 is 23.1. The van der Waals surface area contributed by atoms with Crippen LogP contribution < -0.4 is 4.74 Å². The summed E-state index contributed by atoms with van der Waals surface area (Å²) in [4.78, 5) is 18.5. The first-order chi connectivity index (χ1) is 17.7. The highest BCUT2D eigenvalue weighted by Gasteiger charge is 2.36. The molecule has 1 saturated heterocycles. The van der Waals surface area contributed by atoms with Crippen molar-refractivity contribution in [2.75, 3.05) is 26.4 Å². The van der Waals surface area contributed by atoms with E-state index in [1.165, 1.54) is 5.56 Å². The number of rotatable bonds is 7. The highest BCUT2D eigenvalue weighted by Crippen LogP contribution is 2.40. The smallest absolute Gasteiger partial charge is 0.410 e. The first kappa shape index (κ1) is 25.9. The molecule has 2 atom stereocenters. The van der Waals surface area contributed by atoms with Crippen LogP contribution in [0.5, 0.6) is 5.75 Å². The van der Waals surface area contributed by atoms with Gasteiger partial charge in [-0.15, -0.1) is 0 Å². The SMILES string of the molecule is CC(C)COC(=O)N1CCc2c([nH]c3ccc(Cl)cc23)C1c1ccc(OCCC2COC(C)(C)O2)cc1. The number of nitrogens with one attached hydrogen (secondary N) is 1. The Bertz CT molecular complexity index is 1250. The molecule has 2 aliphatic rings. The normalized spacial score (nSPS) is 20.9. The molecule has 2 aromatic carbocycles. The van der Waals surface area contributed by atoms with Gasteiger partial charge in [0.15, 0.2) is 5.79 Å².